The molecule has 0 bridgehead atoms. The van der Waals surface area contributed by atoms with Crippen LogP contribution in [0, 0.1) is 6.92 Å². The zero-order chi connectivity index (χ0) is 15.2. The third-order valence-corrected chi connectivity index (χ3v) is 3.77. The molecule has 0 radical (unpaired) electrons. The smallest absolute Gasteiger partial charge is 0.119 e. The lowest BCUT2D eigenvalue weighted by Gasteiger charge is -2.21. The Kier molecular flexibility index (Phi) is 5.66. The number of hydrogen-bond donors (Lipinski definition) is 1. The molecule has 1 N–H and O–H groups in total. The predicted molar refractivity (Wildman–Crippen MR) is 89.1 cm³/mol. The Labute approximate surface area is 132 Å². The molecule has 0 aliphatic carbocycles. The maximum absolute atomic E-state index is 6.22. The molecule has 2 atom stereocenters. The minimum Gasteiger partial charge on any atom is -0.492 e. The van der Waals surface area contributed by atoms with E-state index in [4.69, 9.17) is 16.3 Å². The van der Waals surface area contributed by atoms with Crippen LogP contribution in [0.25, 0.3) is 0 Å². The zero-order valence-corrected chi connectivity index (χ0v) is 13.5. The minimum absolute atomic E-state index is 0.190. The fourth-order valence-corrected chi connectivity index (χ4v) is 2.55. The predicted octanol–water partition coefficient (Wildman–Crippen LogP) is 4.77. The van der Waals surface area contributed by atoms with E-state index in [1.165, 1.54) is 5.56 Å². The van der Waals surface area contributed by atoms with E-state index in [9.17, 15) is 0 Å². The van der Waals surface area contributed by atoms with Gasteiger partial charge in [0.25, 0.3) is 0 Å². The molecule has 0 aliphatic rings. The first-order valence-corrected chi connectivity index (χ1v) is 7.64. The first-order valence-electron chi connectivity index (χ1n) is 7.26. The summed E-state index contributed by atoms with van der Waals surface area (Å²) in [4.78, 5) is 0. The number of rotatable bonds is 6. The van der Waals surface area contributed by atoms with Crippen LogP contribution in [0.15, 0.2) is 48.5 Å². The molecule has 0 saturated carbocycles. The molecule has 2 aromatic rings. The number of hydrogen-bond acceptors (Lipinski definition) is 2. The van der Waals surface area contributed by atoms with Crippen LogP contribution < -0.4 is 10.1 Å². The largest absolute Gasteiger partial charge is 0.492 e. The van der Waals surface area contributed by atoms with Crippen molar-refractivity contribution in [2.24, 2.45) is 0 Å². The molecule has 0 amide bonds. The second-order valence-corrected chi connectivity index (χ2v) is 5.84. The molecule has 0 aromatic heterocycles. The quantitative estimate of drug-likeness (QED) is 0.830. The third-order valence-electron chi connectivity index (χ3n) is 3.43. The number of benzene rings is 2. The van der Waals surface area contributed by atoms with Crippen LogP contribution in [-0.2, 0) is 0 Å². The van der Waals surface area contributed by atoms with E-state index in [0.717, 1.165) is 16.3 Å². The van der Waals surface area contributed by atoms with Crippen LogP contribution in [0.1, 0.15) is 31.0 Å². The number of ether oxygens (including phenoxy) is 1. The average Bonchev–Trinajstić information content (AvgIpc) is 2.47. The van der Waals surface area contributed by atoms with E-state index < -0.39 is 0 Å². The minimum atomic E-state index is 0.190. The summed E-state index contributed by atoms with van der Waals surface area (Å²) in [5.41, 5.74) is 2.35. The fourth-order valence-electron chi connectivity index (χ4n) is 2.25. The Morgan fingerprint density at radius 3 is 2.38 bits per heavy atom. The van der Waals surface area contributed by atoms with Crippen molar-refractivity contribution in [1.29, 1.82) is 0 Å². The van der Waals surface area contributed by atoms with Gasteiger partial charge in [-0.15, -0.1) is 0 Å². The molecular weight excluding hydrogens is 282 g/mol. The second-order valence-electron chi connectivity index (χ2n) is 5.43. The highest BCUT2D eigenvalue weighted by Crippen LogP contribution is 2.22. The average molecular weight is 304 g/mol. The van der Waals surface area contributed by atoms with Gasteiger partial charge in [0.05, 0.1) is 0 Å². The van der Waals surface area contributed by atoms with E-state index >= 15 is 0 Å². The van der Waals surface area contributed by atoms with Crippen molar-refractivity contribution in [2.45, 2.75) is 32.9 Å². The molecule has 0 fully saturated rings. The topological polar surface area (TPSA) is 21.3 Å². The van der Waals surface area contributed by atoms with Crippen molar-refractivity contribution in [3.8, 4) is 5.75 Å². The highest BCUT2D eigenvalue weighted by atomic mass is 35.5. The summed E-state index contributed by atoms with van der Waals surface area (Å²) in [6.07, 6.45) is 0. The highest BCUT2D eigenvalue weighted by molar-refractivity contribution is 6.31. The van der Waals surface area contributed by atoms with Crippen molar-refractivity contribution in [3.63, 3.8) is 0 Å². The molecule has 2 aromatic carbocycles. The van der Waals surface area contributed by atoms with Gasteiger partial charge in [-0.25, -0.2) is 0 Å². The first-order chi connectivity index (χ1) is 10.1. The van der Waals surface area contributed by atoms with Crippen molar-refractivity contribution < 1.29 is 4.74 Å². The molecule has 0 spiro atoms. The summed E-state index contributed by atoms with van der Waals surface area (Å²) < 4.78 is 5.79. The van der Waals surface area contributed by atoms with E-state index in [1.54, 1.807) is 0 Å². The van der Waals surface area contributed by atoms with E-state index in [2.05, 4.69) is 38.2 Å². The Balaban J connectivity index is 1.85. The second kappa shape index (κ2) is 7.48. The summed E-state index contributed by atoms with van der Waals surface area (Å²) in [5, 5.41) is 4.30. The van der Waals surface area contributed by atoms with Crippen LogP contribution in [0.5, 0.6) is 5.75 Å². The van der Waals surface area contributed by atoms with Crippen molar-refractivity contribution >= 4 is 11.6 Å². The van der Waals surface area contributed by atoms with Crippen LogP contribution in [0.3, 0.4) is 0 Å². The van der Waals surface area contributed by atoms with Crippen LogP contribution in [-0.4, -0.2) is 12.6 Å². The molecule has 2 unspecified atom stereocenters. The summed E-state index contributed by atoms with van der Waals surface area (Å²) in [6.45, 7) is 6.92. The zero-order valence-electron chi connectivity index (χ0n) is 12.8. The first kappa shape index (κ1) is 15.9. The maximum atomic E-state index is 6.22. The number of halogens is 1. The van der Waals surface area contributed by atoms with Crippen molar-refractivity contribution in [1.82, 2.24) is 5.32 Å². The third kappa shape index (κ3) is 4.76. The lowest BCUT2D eigenvalue weighted by atomic mass is 10.1. The fraction of sp³-hybridized carbons (Fsp3) is 0.333. The molecule has 0 aliphatic heterocycles. The van der Waals surface area contributed by atoms with Gasteiger partial charge in [0.2, 0.25) is 0 Å². The van der Waals surface area contributed by atoms with Gasteiger partial charge in [0, 0.05) is 17.1 Å². The molecule has 3 heteroatoms. The standard InChI is InChI=1S/C18H22ClNO/c1-13-8-10-16(11-9-13)21-12-14(2)20-15(3)17-6-4-5-7-18(17)19/h4-11,14-15,20H,12H2,1-3H3. The highest BCUT2D eigenvalue weighted by Gasteiger charge is 2.12. The van der Waals surface area contributed by atoms with E-state index in [-0.39, 0.29) is 12.1 Å². The molecular formula is C18H22ClNO. The SMILES string of the molecule is Cc1ccc(OCC(C)NC(C)c2ccccc2Cl)cc1. The van der Waals surface area contributed by atoms with Gasteiger partial charge in [-0.1, -0.05) is 47.5 Å². The van der Waals surface area contributed by atoms with Crippen LogP contribution in [0.4, 0.5) is 0 Å². The molecule has 2 rings (SSSR count). The van der Waals surface area contributed by atoms with Crippen LogP contribution in [0.2, 0.25) is 5.02 Å². The Morgan fingerprint density at radius 2 is 1.71 bits per heavy atom. The Morgan fingerprint density at radius 1 is 1.05 bits per heavy atom. The van der Waals surface area contributed by atoms with E-state index in [0.29, 0.717) is 6.61 Å². The summed E-state index contributed by atoms with van der Waals surface area (Å²) in [6, 6.07) is 16.5. The van der Waals surface area contributed by atoms with Crippen molar-refractivity contribution in [2.75, 3.05) is 6.61 Å². The summed E-state index contributed by atoms with van der Waals surface area (Å²) >= 11 is 6.22. The van der Waals surface area contributed by atoms with Crippen LogP contribution >= 0.6 is 11.6 Å². The monoisotopic (exact) mass is 303 g/mol. The Bertz CT molecular complexity index is 568. The number of aryl methyl sites for hydroxylation is 1. The van der Waals surface area contributed by atoms with Gasteiger partial charge in [-0.2, -0.15) is 0 Å². The summed E-state index contributed by atoms with van der Waals surface area (Å²) in [7, 11) is 0. The molecule has 21 heavy (non-hydrogen) atoms. The molecule has 112 valence electrons. The van der Waals surface area contributed by atoms with Gasteiger partial charge in [0.1, 0.15) is 12.4 Å². The number of nitrogens with one attached hydrogen (secondary N) is 1. The van der Waals surface area contributed by atoms with Gasteiger partial charge < -0.3 is 10.1 Å². The maximum Gasteiger partial charge on any atom is 0.119 e. The van der Waals surface area contributed by atoms with Gasteiger partial charge in [-0.05, 0) is 44.5 Å². The van der Waals surface area contributed by atoms with Gasteiger partial charge >= 0.3 is 0 Å². The van der Waals surface area contributed by atoms with E-state index in [1.807, 2.05) is 36.4 Å². The van der Waals surface area contributed by atoms with Gasteiger partial charge in [0.15, 0.2) is 0 Å². The molecule has 0 saturated heterocycles. The van der Waals surface area contributed by atoms with Crippen molar-refractivity contribution in [3.05, 3.63) is 64.7 Å². The normalized spacial score (nSPS) is 13.7. The summed E-state index contributed by atoms with van der Waals surface area (Å²) in [5.74, 6) is 0.902. The Hall–Kier alpha value is -1.51. The lowest BCUT2D eigenvalue weighted by molar-refractivity contribution is 0.264. The van der Waals surface area contributed by atoms with Gasteiger partial charge in [-0.3, -0.25) is 0 Å². The molecule has 0 heterocycles. The lowest BCUT2D eigenvalue weighted by Crippen LogP contribution is -2.34. The molecule has 2 nitrogen and oxygen atoms in total.